The lowest BCUT2D eigenvalue weighted by Crippen LogP contribution is -2.40. The molecule has 9 heteroatoms. The molecule has 1 aliphatic carbocycles. The van der Waals surface area contributed by atoms with E-state index >= 15 is 0 Å². The number of rotatable bonds is 5. The molecule has 1 heterocycles. The summed E-state index contributed by atoms with van der Waals surface area (Å²) >= 11 is 0. The number of hydrogen-bond donors (Lipinski definition) is 2. The predicted molar refractivity (Wildman–Crippen MR) is 86.4 cm³/mol. The van der Waals surface area contributed by atoms with Gasteiger partial charge in [-0.05, 0) is 25.0 Å². The molecule has 0 saturated heterocycles. The van der Waals surface area contributed by atoms with Crippen LogP contribution in [0, 0.1) is 16.0 Å². The third-order valence-electron chi connectivity index (χ3n) is 4.28. The summed E-state index contributed by atoms with van der Waals surface area (Å²) in [5.41, 5.74) is 0.509. The Morgan fingerprint density at radius 1 is 1.32 bits per heavy atom. The number of non-ortho nitro benzene ring substituents is 1. The van der Waals surface area contributed by atoms with Crippen molar-refractivity contribution in [3.05, 3.63) is 52.3 Å². The first-order valence-corrected chi connectivity index (χ1v) is 7.80. The molecule has 25 heavy (non-hydrogen) atoms. The van der Waals surface area contributed by atoms with Crippen LogP contribution in [0.1, 0.15) is 29.8 Å². The van der Waals surface area contributed by atoms with E-state index in [0.717, 1.165) is 6.42 Å². The van der Waals surface area contributed by atoms with Gasteiger partial charge in [0.2, 0.25) is 0 Å². The minimum absolute atomic E-state index is 0.0748. The number of nitrogens with zero attached hydrogens (tertiary/aromatic N) is 3. The van der Waals surface area contributed by atoms with Crippen LogP contribution in [-0.4, -0.2) is 37.7 Å². The molecule has 0 spiro atoms. The number of nitro groups is 1. The minimum atomic E-state index is -0.912. The molecule has 1 saturated carbocycles. The van der Waals surface area contributed by atoms with Crippen molar-refractivity contribution in [2.75, 3.05) is 0 Å². The summed E-state index contributed by atoms with van der Waals surface area (Å²) in [7, 11) is 0. The largest absolute Gasteiger partial charge is 0.481 e. The number of nitrogens with one attached hydrogen (secondary N) is 1. The second kappa shape index (κ2) is 6.71. The van der Waals surface area contributed by atoms with Gasteiger partial charge in [0.05, 0.1) is 16.5 Å². The second-order valence-corrected chi connectivity index (χ2v) is 5.88. The van der Waals surface area contributed by atoms with Gasteiger partial charge >= 0.3 is 5.97 Å². The van der Waals surface area contributed by atoms with Crippen molar-refractivity contribution >= 4 is 17.6 Å². The standard InChI is InChI=1S/C16H16N4O5/c21-15(17-13-6-2-5-12(13)16(22)23)14-7-8-19(18-14)10-3-1-4-11(9-10)20(24)25/h1,3-4,7-9,12-13H,2,5-6H2,(H,17,21)(H,22,23)/t12-,13+/m1/s1. The molecule has 2 aromatic rings. The van der Waals surface area contributed by atoms with Crippen molar-refractivity contribution < 1.29 is 19.6 Å². The Morgan fingerprint density at radius 3 is 2.84 bits per heavy atom. The van der Waals surface area contributed by atoms with E-state index in [1.807, 2.05) is 0 Å². The molecule has 1 fully saturated rings. The first-order chi connectivity index (χ1) is 12.0. The number of carbonyl (C=O) groups excluding carboxylic acids is 1. The molecule has 0 aliphatic heterocycles. The minimum Gasteiger partial charge on any atom is -0.481 e. The fourth-order valence-corrected chi connectivity index (χ4v) is 3.01. The lowest BCUT2D eigenvalue weighted by molar-refractivity contribution is -0.384. The normalized spacial score (nSPS) is 19.5. The van der Waals surface area contributed by atoms with Gasteiger partial charge in [0.1, 0.15) is 0 Å². The van der Waals surface area contributed by atoms with Gasteiger partial charge in [0.25, 0.3) is 11.6 Å². The zero-order chi connectivity index (χ0) is 18.0. The maximum Gasteiger partial charge on any atom is 0.308 e. The number of aromatic nitrogens is 2. The summed E-state index contributed by atoms with van der Waals surface area (Å²) in [6, 6.07) is 6.97. The Kier molecular flexibility index (Phi) is 4.46. The Balaban J connectivity index is 1.75. The van der Waals surface area contributed by atoms with E-state index in [1.165, 1.54) is 35.1 Å². The molecule has 1 aromatic heterocycles. The number of nitro benzene ring substituents is 1. The van der Waals surface area contributed by atoms with Crippen LogP contribution >= 0.6 is 0 Å². The van der Waals surface area contributed by atoms with Crippen molar-refractivity contribution in [3.63, 3.8) is 0 Å². The van der Waals surface area contributed by atoms with Crippen molar-refractivity contribution in [1.82, 2.24) is 15.1 Å². The maximum absolute atomic E-state index is 12.3. The van der Waals surface area contributed by atoms with Gasteiger partial charge in [-0.25, -0.2) is 4.68 Å². The van der Waals surface area contributed by atoms with E-state index in [-0.39, 0.29) is 11.4 Å². The molecule has 9 nitrogen and oxygen atoms in total. The zero-order valence-corrected chi connectivity index (χ0v) is 13.2. The first kappa shape index (κ1) is 16.6. The van der Waals surface area contributed by atoms with Crippen LogP contribution in [0.15, 0.2) is 36.5 Å². The molecule has 0 unspecified atom stereocenters. The average Bonchev–Trinajstić information content (AvgIpc) is 3.24. The highest BCUT2D eigenvalue weighted by Crippen LogP contribution is 2.26. The smallest absolute Gasteiger partial charge is 0.308 e. The fourth-order valence-electron chi connectivity index (χ4n) is 3.01. The zero-order valence-electron chi connectivity index (χ0n) is 13.2. The van der Waals surface area contributed by atoms with Gasteiger partial charge < -0.3 is 10.4 Å². The van der Waals surface area contributed by atoms with E-state index in [0.29, 0.717) is 18.5 Å². The summed E-state index contributed by atoms with van der Waals surface area (Å²) in [6.45, 7) is 0. The number of carboxylic acids is 1. The predicted octanol–water partition coefficient (Wildman–Crippen LogP) is 1.76. The van der Waals surface area contributed by atoms with Gasteiger partial charge in [-0.2, -0.15) is 5.10 Å². The van der Waals surface area contributed by atoms with Gasteiger partial charge in [0.15, 0.2) is 5.69 Å². The number of carbonyl (C=O) groups is 2. The quantitative estimate of drug-likeness (QED) is 0.628. The first-order valence-electron chi connectivity index (χ1n) is 7.80. The molecule has 0 bridgehead atoms. The monoisotopic (exact) mass is 344 g/mol. The van der Waals surface area contributed by atoms with Crippen molar-refractivity contribution in [2.24, 2.45) is 5.92 Å². The van der Waals surface area contributed by atoms with Crippen LogP contribution in [0.25, 0.3) is 5.69 Å². The Morgan fingerprint density at radius 2 is 2.12 bits per heavy atom. The number of amides is 1. The highest BCUT2D eigenvalue weighted by Gasteiger charge is 2.34. The summed E-state index contributed by atoms with van der Waals surface area (Å²) in [5.74, 6) is -1.95. The maximum atomic E-state index is 12.3. The molecule has 2 atom stereocenters. The van der Waals surface area contributed by atoms with E-state index in [2.05, 4.69) is 10.4 Å². The summed E-state index contributed by atoms with van der Waals surface area (Å²) in [5, 5.41) is 26.9. The van der Waals surface area contributed by atoms with E-state index < -0.39 is 28.8 Å². The number of benzene rings is 1. The molecule has 0 radical (unpaired) electrons. The molecular weight excluding hydrogens is 328 g/mol. The van der Waals surface area contributed by atoms with Crippen molar-refractivity contribution in [3.8, 4) is 5.69 Å². The van der Waals surface area contributed by atoms with Crippen LogP contribution in [0.4, 0.5) is 5.69 Å². The van der Waals surface area contributed by atoms with E-state index in [4.69, 9.17) is 5.11 Å². The highest BCUT2D eigenvalue weighted by atomic mass is 16.6. The third-order valence-corrected chi connectivity index (χ3v) is 4.28. The van der Waals surface area contributed by atoms with E-state index in [9.17, 15) is 19.7 Å². The number of aliphatic carboxylic acids is 1. The van der Waals surface area contributed by atoms with Gasteiger partial charge in [-0.1, -0.05) is 12.5 Å². The Labute approximate surface area is 142 Å². The SMILES string of the molecule is O=C(N[C@H]1CCC[C@H]1C(=O)O)c1ccn(-c2cccc([N+](=O)[O-])c2)n1. The van der Waals surface area contributed by atoms with Crippen LogP contribution in [-0.2, 0) is 4.79 Å². The topological polar surface area (TPSA) is 127 Å². The van der Waals surface area contributed by atoms with Crippen LogP contribution in [0.5, 0.6) is 0 Å². The number of carboxylic acid groups (broad SMARTS) is 1. The molecule has 130 valence electrons. The second-order valence-electron chi connectivity index (χ2n) is 5.88. The van der Waals surface area contributed by atoms with Crippen LogP contribution < -0.4 is 5.32 Å². The molecule has 2 N–H and O–H groups in total. The summed E-state index contributed by atoms with van der Waals surface area (Å²) in [6.07, 6.45) is 3.44. The van der Waals surface area contributed by atoms with Gasteiger partial charge in [-0.15, -0.1) is 0 Å². The lowest BCUT2D eigenvalue weighted by atomic mass is 10.0. The van der Waals surface area contributed by atoms with Crippen LogP contribution in [0.3, 0.4) is 0 Å². The van der Waals surface area contributed by atoms with Crippen molar-refractivity contribution in [1.29, 1.82) is 0 Å². The number of hydrogen-bond acceptors (Lipinski definition) is 5. The molecular formula is C16H16N4O5. The average molecular weight is 344 g/mol. The molecule has 3 rings (SSSR count). The lowest BCUT2D eigenvalue weighted by Gasteiger charge is -2.16. The van der Waals surface area contributed by atoms with Crippen molar-refractivity contribution in [2.45, 2.75) is 25.3 Å². The molecule has 1 amide bonds. The molecule has 1 aliphatic rings. The molecule has 1 aromatic carbocycles. The third kappa shape index (κ3) is 3.49. The Bertz CT molecular complexity index is 831. The summed E-state index contributed by atoms with van der Waals surface area (Å²) < 4.78 is 1.37. The van der Waals surface area contributed by atoms with E-state index in [1.54, 1.807) is 6.07 Å². The van der Waals surface area contributed by atoms with Crippen LogP contribution in [0.2, 0.25) is 0 Å². The Hall–Kier alpha value is -3.23. The van der Waals surface area contributed by atoms with Gasteiger partial charge in [0, 0.05) is 24.4 Å². The van der Waals surface area contributed by atoms with Gasteiger partial charge in [-0.3, -0.25) is 19.7 Å². The highest BCUT2D eigenvalue weighted by molar-refractivity contribution is 5.92. The summed E-state index contributed by atoms with van der Waals surface area (Å²) in [4.78, 5) is 33.8. The fraction of sp³-hybridized carbons (Fsp3) is 0.312.